The molecule has 142 valence electrons. The predicted molar refractivity (Wildman–Crippen MR) is 107 cm³/mol. The fourth-order valence-corrected chi connectivity index (χ4v) is 4.62. The van der Waals surface area contributed by atoms with Gasteiger partial charge in [0, 0.05) is 23.9 Å². The Hall–Kier alpha value is -2.16. The van der Waals surface area contributed by atoms with Crippen LogP contribution < -0.4 is 9.46 Å². The number of halogens is 1. The third-order valence-corrected chi connectivity index (χ3v) is 5.95. The number of sulfonamides is 1. The number of rotatable bonds is 7. The van der Waals surface area contributed by atoms with E-state index in [4.69, 9.17) is 4.74 Å². The van der Waals surface area contributed by atoms with E-state index in [1.165, 1.54) is 6.07 Å². The van der Waals surface area contributed by atoms with Gasteiger partial charge in [-0.1, -0.05) is 46.3 Å². The molecular formula is C19H20BrN3O3S. The molecule has 2 aromatic carbocycles. The summed E-state index contributed by atoms with van der Waals surface area (Å²) < 4.78 is 37.2. The standard InChI is InChI=1S/C19H20BrN3O3S/c1-3-26-16-10-9-15(20)13-17(16)27(24,25)22-18(14-7-5-4-6-8-14)19-21-11-12-23(19)2/h4-13,18,22H,3H2,1-2H3. The van der Waals surface area contributed by atoms with E-state index in [2.05, 4.69) is 25.6 Å². The molecule has 1 unspecified atom stereocenters. The molecule has 0 radical (unpaired) electrons. The van der Waals surface area contributed by atoms with Crippen LogP contribution in [0.25, 0.3) is 0 Å². The van der Waals surface area contributed by atoms with E-state index in [1.54, 1.807) is 29.1 Å². The van der Waals surface area contributed by atoms with Crippen LogP contribution in [0.15, 0.2) is 70.3 Å². The number of nitrogens with one attached hydrogen (secondary N) is 1. The zero-order valence-corrected chi connectivity index (χ0v) is 17.4. The highest BCUT2D eigenvalue weighted by molar-refractivity contribution is 9.10. The number of hydrogen-bond acceptors (Lipinski definition) is 4. The van der Waals surface area contributed by atoms with Crippen LogP contribution >= 0.6 is 15.9 Å². The van der Waals surface area contributed by atoms with Crippen LogP contribution in [0.5, 0.6) is 5.75 Å². The lowest BCUT2D eigenvalue weighted by Crippen LogP contribution is -2.31. The summed E-state index contributed by atoms with van der Waals surface area (Å²) in [4.78, 5) is 4.42. The Labute approximate surface area is 167 Å². The van der Waals surface area contributed by atoms with Gasteiger partial charge >= 0.3 is 0 Å². The SMILES string of the molecule is CCOc1ccc(Br)cc1S(=O)(=O)NC(c1ccccc1)c1nccn1C. The molecule has 1 atom stereocenters. The van der Waals surface area contributed by atoms with Gasteiger partial charge in [0.1, 0.15) is 22.5 Å². The first kappa shape index (κ1) is 19.6. The van der Waals surface area contributed by atoms with E-state index in [-0.39, 0.29) is 4.90 Å². The van der Waals surface area contributed by atoms with Gasteiger partial charge in [-0.15, -0.1) is 0 Å². The van der Waals surface area contributed by atoms with Crippen molar-refractivity contribution in [2.45, 2.75) is 17.9 Å². The maximum Gasteiger partial charge on any atom is 0.245 e. The summed E-state index contributed by atoms with van der Waals surface area (Å²) in [6.07, 6.45) is 3.43. The maximum absolute atomic E-state index is 13.2. The van der Waals surface area contributed by atoms with E-state index < -0.39 is 16.1 Å². The first-order valence-corrected chi connectivity index (χ1v) is 10.7. The van der Waals surface area contributed by atoms with Crippen molar-refractivity contribution in [3.63, 3.8) is 0 Å². The lowest BCUT2D eigenvalue weighted by atomic mass is 10.1. The molecular weight excluding hydrogens is 430 g/mol. The van der Waals surface area contributed by atoms with Gasteiger partial charge in [0.05, 0.1) is 6.61 Å². The van der Waals surface area contributed by atoms with Crippen molar-refractivity contribution < 1.29 is 13.2 Å². The van der Waals surface area contributed by atoms with Gasteiger partial charge in [-0.05, 0) is 30.7 Å². The molecule has 0 aliphatic heterocycles. The summed E-state index contributed by atoms with van der Waals surface area (Å²) in [5, 5.41) is 0. The molecule has 0 aliphatic rings. The molecule has 1 aromatic heterocycles. The highest BCUT2D eigenvalue weighted by Crippen LogP contribution is 2.30. The molecule has 0 amide bonds. The molecule has 1 heterocycles. The van der Waals surface area contributed by atoms with Crippen molar-refractivity contribution in [2.75, 3.05) is 6.61 Å². The molecule has 0 aliphatic carbocycles. The van der Waals surface area contributed by atoms with Gasteiger partial charge in [-0.2, -0.15) is 4.72 Å². The minimum Gasteiger partial charge on any atom is -0.492 e. The minimum absolute atomic E-state index is 0.0777. The average molecular weight is 450 g/mol. The smallest absolute Gasteiger partial charge is 0.245 e. The third kappa shape index (κ3) is 4.40. The molecule has 3 aromatic rings. The van der Waals surface area contributed by atoms with Crippen molar-refractivity contribution in [1.29, 1.82) is 0 Å². The molecule has 27 heavy (non-hydrogen) atoms. The van der Waals surface area contributed by atoms with Crippen LogP contribution in [0.2, 0.25) is 0 Å². The average Bonchev–Trinajstić information content (AvgIpc) is 3.08. The highest BCUT2D eigenvalue weighted by atomic mass is 79.9. The molecule has 1 N–H and O–H groups in total. The third-order valence-electron chi connectivity index (χ3n) is 4.02. The summed E-state index contributed by atoms with van der Waals surface area (Å²) in [6, 6.07) is 13.6. The zero-order chi connectivity index (χ0) is 19.4. The first-order valence-electron chi connectivity index (χ1n) is 8.39. The van der Waals surface area contributed by atoms with E-state index in [9.17, 15) is 8.42 Å². The quantitative estimate of drug-likeness (QED) is 0.597. The normalized spacial score (nSPS) is 12.7. The molecule has 0 spiro atoms. The van der Waals surface area contributed by atoms with Crippen molar-refractivity contribution in [2.24, 2.45) is 7.05 Å². The Balaban J connectivity index is 2.06. The number of ether oxygens (including phenoxy) is 1. The Morgan fingerprint density at radius 3 is 2.59 bits per heavy atom. The molecule has 0 saturated carbocycles. The lowest BCUT2D eigenvalue weighted by Gasteiger charge is -2.20. The molecule has 8 heteroatoms. The van der Waals surface area contributed by atoms with Crippen molar-refractivity contribution in [1.82, 2.24) is 14.3 Å². The van der Waals surface area contributed by atoms with Crippen LogP contribution in [-0.4, -0.2) is 24.6 Å². The van der Waals surface area contributed by atoms with Gasteiger partial charge in [0.2, 0.25) is 10.0 Å². The first-order chi connectivity index (χ1) is 12.9. The minimum atomic E-state index is -3.88. The van der Waals surface area contributed by atoms with Gasteiger partial charge in [-0.3, -0.25) is 0 Å². The predicted octanol–water partition coefficient (Wildman–Crippen LogP) is 3.65. The largest absolute Gasteiger partial charge is 0.492 e. The summed E-state index contributed by atoms with van der Waals surface area (Å²) in [6.45, 7) is 2.18. The molecule has 6 nitrogen and oxygen atoms in total. The van der Waals surface area contributed by atoms with Crippen molar-refractivity contribution in [3.8, 4) is 5.75 Å². The highest BCUT2D eigenvalue weighted by Gasteiger charge is 2.28. The van der Waals surface area contributed by atoms with E-state index >= 15 is 0 Å². The monoisotopic (exact) mass is 449 g/mol. The van der Waals surface area contributed by atoms with Gasteiger partial charge in [0.15, 0.2) is 0 Å². The number of benzene rings is 2. The Morgan fingerprint density at radius 1 is 1.22 bits per heavy atom. The number of aryl methyl sites for hydroxylation is 1. The number of aromatic nitrogens is 2. The van der Waals surface area contributed by atoms with Crippen LogP contribution in [0.3, 0.4) is 0 Å². The second kappa shape index (κ2) is 8.24. The number of imidazole rings is 1. The molecule has 0 saturated heterocycles. The van der Waals surface area contributed by atoms with E-state index in [0.29, 0.717) is 22.7 Å². The topological polar surface area (TPSA) is 73.2 Å². The van der Waals surface area contributed by atoms with Crippen molar-refractivity contribution >= 4 is 26.0 Å². The molecule has 0 fully saturated rings. The van der Waals surface area contributed by atoms with Gasteiger partial charge in [-0.25, -0.2) is 13.4 Å². The summed E-state index contributed by atoms with van der Waals surface area (Å²) in [5.74, 6) is 0.901. The lowest BCUT2D eigenvalue weighted by molar-refractivity contribution is 0.331. The Bertz CT molecular complexity index is 1020. The maximum atomic E-state index is 13.2. The summed E-state index contributed by atoms with van der Waals surface area (Å²) in [7, 11) is -2.05. The summed E-state index contributed by atoms with van der Waals surface area (Å²) in [5.41, 5.74) is 0.795. The second-order valence-electron chi connectivity index (χ2n) is 5.89. The molecule has 3 rings (SSSR count). The summed E-state index contributed by atoms with van der Waals surface area (Å²) >= 11 is 3.34. The Morgan fingerprint density at radius 2 is 1.96 bits per heavy atom. The van der Waals surface area contributed by atoms with Crippen LogP contribution in [0.4, 0.5) is 0 Å². The number of nitrogens with zero attached hydrogens (tertiary/aromatic N) is 2. The van der Waals surface area contributed by atoms with E-state index in [0.717, 1.165) is 5.56 Å². The van der Waals surface area contributed by atoms with Crippen LogP contribution in [-0.2, 0) is 17.1 Å². The fourth-order valence-electron chi connectivity index (χ4n) is 2.76. The van der Waals surface area contributed by atoms with Crippen LogP contribution in [0, 0.1) is 0 Å². The molecule has 0 bridgehead atoms. The van der Waals surface area contributed by atoms with E-state index in [1.807, 2.05) is 44.3 Å². The van der Waals surface area contributed by atoms with Crippen molar-refractivity contribution in [3.05, 3.63) is 76.8 Å². The number of hydrogen-bond donors (Lipinski definition) is 1. The van der Waals surface area contributed by atoms with Gasteiger partial charge in [0.25, 0.3) is 0 Å². The Kier molecular flexibility index (Phi) is 5.98. The second-order valence-corrected chi connectivity index (χ2v) is 8.48. The zero-order valence-electron chi connectivity index (χ0n) is 15.0. The van der Waals surface area contributed by atoms with Crippen LogP contribution in [0.1, 0.15) is 24.4 Å². The van der Waals surface area contributed by atoms with Gasteiger partial charge < -0.3 is 9.30 Å². The fraction of sp³-hybridized carbons (Fsp3) is 0.211.